The third-order valence-corrected chi connectivity index (χ3v) is 6.10. The lowest BCUT2D eigenvalue weighted by molar-refractivity contribution is -0.133. The Balaban J connectivity index is 1.53. The number of aliphatic imine (C=N–C) groups is 1. The Hall–Kier alpha value is -2.20. The van der Waals surface area contributed by atoms with Crippen LogP contribution >= 0.6 is 0 Å². The van der Waals surface area contributed by atoms with Crippen molar-refractivity contribution in [3.8, 4) is 0 Å². The summed E-state index contributed by atoms with van der Waals surface area (Å²) < 4.78 is 7.13. The van der Waals surface area contributed by atoms with E-state index in [-0.39, 0.29) is 5.91 Å². The number of nitrogens with one attached hydrogen (secondary N) is 1. The first-order valence-corrected chi connectivity index (χ1v) is 11.5. The summed E-state index contributed by atoms with van der Waals surface area (Å²) in [5.74, 6) is 2.89. The Morgan fingerprint density at radius 2 is 1.81 bits per heavy atom. The summed E-state index contributed by atoms with van der Waals surface area (Å²) in [6.07, 6.45) is 4.44. The summed E-state index contributed by atoms with van der Waals surface area (Å²) in [6.45, 7) is 9.73. The molecule has 1 amide bonds. The number of rotatable bonds is 8. The summed E-state index contributed by atoms with van der Waals surface area (Å²) in [7, 11) is 3.68. The fourth-order valence-corrected chi connectivity index (χ4v) is 3.97. The number of hydrogen-bond donors (Lipinski definition) is 1. The molecular formula is C21H38N8O2. The van der Waals surface area contributed by atoms with Gasteiger partial charge in [0, 0.05) is 66.6 Å². The third-order valence-electron chi connectivity index (χ3n) is 6.10. The van der Waals surface area contributed by atoms with Crippen LogP contribution in [0, 0.1) is 6.92 Å². The van der Waals surface area contributed by atoms with E-state index < -0.39 is 0 Å². The molecule has 10 nitrogen and oxygen atoms in total. The number of carbonyl (C=O) groups is 1. The molecule has 3 heterocycles. The monoisotopic (exact) mass is 434 g/mol. The van der Waals surface area contributed by atoms with Gasteiger partial charge in [-0.1, -0.05) is 0 Å². The molecule has 174 valence electrons. The number of amides is 1. The van der Waals surface area contributed by atoms with E-state index in [1.165, 1.54) is 6.42 Å². The molecule has 0 saturated carbocycles. The Kier molecular flexibility index (Phi) is 9.08. The van der Waals surface area contributed by atoms with Gasteiger partial charge in [-0.15, -0.1) is 10.2 Å². The van der Waals surface area contributed by atoms with Gasteiger partial charge in [-0.25, -0.2) is 4.99 Å². The van der Waals surface area contributed by atoms with Crippen LogP contribution in [0.1, 0.15) is 37.3 Å². The number of ether oxygens (including phenoxy) is 1. The number of carbonyl (C=O) groups excluding carboxylic acids is 1. The van der Waals surface area contributed by atoms with E-state index in [0.29, 0.717) is 13.1 Å². The Bertz CT molecular complexity index is 721. The highest BCUT2D eigenvalue weighted by Gasteiger charge is 2.24. The molecule has 31 heavy (non-hydrogen) atoms. The Labute approximate surface area is 185 Å². The number of nitrogens with zero attached hydrogens (tertiary/aromatic N) is 7. The first kappa shape index (κ1) is 23.5. The quantitative estimate of drug-likeness (QED) is 0.356. The fraction of sp³-hybridized carbons (Fsp3) is 0.810. The highest BCUT2D eigenvalue weighted by atomic mass is 16.5. The number of piperidine rings is 1. The van der Waals surface area contributed by atoms with Crippen LogP contribution in [0.3, 0.4) is 0 Å². The normalized spacial score (nSPS) is 18.5. The SMILES string of the molecule is COCCCNC(=NCc1nnc(C)n1C)N1CCN(CC(=O)N2CCCCC2)CC1. The molecule has 1 aromatic heterocycles. The second kappa shape index (κ2) is 12.0. The average Bonchev–Trinajstić information content (AvgIpc) is 3.12. The smallest absolute Gasteiger partial charge is 0.236 e. The molecule has 1 N–H and O–H groups in total. The number of piperazine rings is 1. The Morgan fingerprint density at radius 3 is 2.45 bits per heavy atom. The number of likely N-dealkylation sites (tertiary alicyclic amines) is 1. The van der Waals surface area contributed by atoms with Gasteiger partial charge in [0.15, 0.2) is 11.8 Å². The zero-order valence-electron chi connectivity index (χ0n) is 19.3. The maximum Gasteiger partial charge on any atom is 0.236 e. The lowest BCUT2D eigenvalue weighted by atomic mass is 10.1. The predicted molar refractivity (Wildman–Crippen MR) is 120 cm³/mol. The lowest BCUT2D eigenvalue weighted by Gasteiger charge is -2.37. The zero-order chi connectivity index (χ0) is 22.1. The van der Waals surface area contributed by atoms with Crippen LogP contribution in [0.2, 0.25) is 0 Å². The molecule has 2 fully saturated rings. The Morgan fingerprint density at radius 1 is 1.06 bits per heavy atom. The van der Waals surface area contributed by atoms with Crippen molar-refractivity contribution in [3.63, 3.8) is 0 Å². The van der Waals surface area contributed by atoms with Gasteiger partial charge in [-0.05, 0) is 32.6 Å². The van der Waals surface area contributed by atoms with Gasteiger partial charge in [-0.3, -0.25) is 9.69 Å². The number of aryl methyl sites for hydroxylation is 1. The van der Waals surface area contributed by atoms with Gasteiger partial charge >= 0.3 is 0 Å². The molecular weight excluding hydrogens is 396 g/mol. The minimum Gasteiger partial charge on any atom is -0.385 e. The van der Waals surface area contributed by atoms with E-state index in [2.05, 4.69) is 25.3 Å². The molecule has 0 unspecified atom stereocenters. The predicted octanol–water partition coefficient (Wildman–Crippen LogP) is 0.236. The average molecular weight is 435 g/mol. The van der Waals surface area contributed by atoms with Crippen molar-refractivity contribution >= 4 is 11.9 Å². The molecule has 1 aromatic rings. The van der Waals surface area contributed by atoms with Crippen LogP contribution in [-0.4, -0.2) is 107 Å². The highest BCUT2D eigenvalue weighted by molar-refractivity contribution is 5.80. The highest BCUT2D eigenvalue weighted by Crippen LogP contribution is 2.10. The van der Waals surface area contributed by atoms with Gasteiger partial charge < -0.3 is 24.4 Å². The van der Waals surface area contributed by atoms with Crippen molar-refractivity contribution in [2.24, 2.45) is 12.0 Å². The summed E-state index contributed by atoms with van der Waals surface area (Å²) in [6, 6.07) is 0. The van der Waals surface area contributed by atoms with Crippen LogP contribution in [0.25, 0.3) is 0 Å². The first-order valence-electron chi connectivity index (χ1n) is 11.5. The molecule has 0 spiro atoms. The minimum absolute atomic E-state index is 0.275. The van der Waals surface area contributed by atoms with Gasteiger partial charge in [0.1, 0.15) is 12.4 Å². The number of guanidine groups is 1. The van der Waals surface area contributed by atoms with E-state index in [4.69, 9.17) is 9.73 Å². The second-order valence-electron chi connectivity index (χ2n) is 8.34. The third kappa shape index (κ3) is 6.90. The number of aromatic nitrogens is 3. The molecule has 3 rings (SSSR count). The van der Waals surface area contributed by atoms with E-state index in [9.17, 15) is 4.79 Å². The maximum atomic E-state index is 12.6. The maximum absolute atomic E-state index is 12.6. The van der Waals surface area contributed by atoms with Crippen LogP contribution in [0.5, 0.6) is 0 Å². The van der Waals surface area contributed by atoms with Crippen molar-refractivity contribution in [2.75, 3.05) is 66.1 Å². The van der Waals surface area contributed by atoms with E-state index in [1.807, 2.05) is 23.4 Å². The zero-order valence-corrected chi connectivity index (χ0v) is 19.3. The lowest BCUT2D eigenvalue weighted by Crippen LogP contribution is -2.54. The summed E-state index contributed by atoms with van der Waals surface area (Å²) in [5, 5.41) is 11.8. The number of methoxy groups -OCH3 is 1. The van der Waals surface area contributed by atoms with Gasteiger partial charge in [0.05, 0.1) is 6.54 Å². The largest absolute Gasteiger partial charge is 0.385 e. The van der Waals surface area contributed by atoms with Crippen molar-refractivity contribution < 1.29 is 9.53 Å². The molecule has 0 atom stereocenters. The molecule has 2 saturated heterocycles. The molecule has 0 aromatic carbocycles. The molecule has 0 bridgehead atoms. The van der Waals surface area contributed by atoms with Gasteiger partial charge in [-0.2, -0.15) is 0 Å². The van der Waals surface area contributed by atoms with Crippen LogP contribution in [-0.2, 0) is 23.1 Å². The summed E-state index contributed by atoms with van der Waals surface area (Å²) >= 11 is 0. The van der Waals surface area contributed by atoms with Crippen molar-refractivity contribution in [2.45, 2.75) is 39.2 Å². The molecule has 0 radical (unpaired) electrons. The van der Waals surface area contributed by atoms with Crippen molar-refractivity contribution in [1.82, 2.24) is 34.8 Å². The van der Waals surface area contributed by atoms with Gasteiger partial charge in [0.2, 0.25) is 5.91 Å². The van der Waals surface area contributed by atoms with Crippen LogP contribution < -0.4 is 5.32 Å². The molecule has 2 aliphatic heterocycles. The van der Waals surface area contributed by atoms with E-state index >= 15 is 0 Å². The number of hydrogen-bond acceptors (Lipinski definition) is 6. The summed E-state index contributed by atoms with van der Waals surface area (Å²) in [4.78, 5) is 24.0. The topological polar surface area (TPSA) is 91.1 Å². The second-order valence-corrected chi connectivity index (χ2v) is 8.34. The molecule has 10 heteroatoms. The van der Waals surface area contributed by atoms with E-state index in [0.717, 1.165) is 89.3 Å². The first-order chi connectivity index (χ1) is 15.1. The molecule has 0 aliphatic carbocycles. The van der Waals surface area contributed by atoms with Crippen LogP contribution in [0.15, 0.2) is 4.99 Å². The molecule has 2 aliphatic rings. The summed E-state index contributed by atoms with van der Waals surface area (Å²) in [5.41, 5.74) is 0. The van der Waals surface area contributed by atoms with E-state index in [1.54, 1.807) is 7.11 Å². The van der Waals surface area contributed by atoms with Crippen molar-refractivity contribution in [1.29, 1.82) is 0 Å². The standard InChI is InChI=1S/C21H38N8O2/c1-18-24-25-19(26(18)2)16-23-21(22-8-7-15-31-3)29-13-11-27(12-14-29)17-20(30)28-9-5-4-6-10-28/h4-17H2,1-3H3,(H,22,23). The van der Waals surface area contributed by atoms with Crippen molar-refractivity contribution in [3.05, 3.63) is 11.6 Å². The minimum atomic E-state index is 0.275. The van der Waals surface area contributed by atoms with Crippen LogP contribution in [0.4, 0.5) is 0 Å². The van der Waals surface area contributed by atoms with Gasteiger partial charge in [0.25, 0.3) is 0 Å². The fourth-order valence-electron chi connectivity index (χ4n) is 3.97.